The number of hydrogen-bond donors (Lipinski definition) is 3. The molecule has 2 aromatic carbocycles. The van der Waals surface area contributed by atoms with E-state index in [0.717, 1.165) is 17.1 Å². The molecule has 3 N–H and O–H groups in total. The van der Waals surface area contributed by atoms with Crippen LogP contribution in [-0.2, 0) is 4.79 Å². The first-order valence-corrected chi connectivity index (χ1v) is 6.76. The van der Waals surface area contributed by atoms with Crippen molar-refractivity contribution in [3.8, 4) is 0 Å². The highest BCUT2D eigenvalue weighted by Crippen LogP contribution is 2.16. The van der Waals surface area contributed by atoms with E-state index in [1.54, 1.807) is 0 Å². The number of carbonyl (C=O) groups excluding carboxylic acids is 1. The van der Waals surface area contributed by atoms with Gasteiger partial charge < -0.3 is 10.2 Å². The molecule has 0 aliphatic carbocycles. The van der Waals surface area contributed by atoms with Crippen LogP contribution < -0.4 is 21.1 Å². The largest absolute Gasteiger partial charge is 0.332 e. The van der Waals surface area contributed by atoms with Crippen molar-refractivity contribution in [1.29, 1.82) is 0 Å². The lowest BCUT2D eigenvalue weighted by Gasteiger charge is -2.21. The lowest BCUT2D eigenvalue weighted by molar-refractivity contribution is -0.109. The summed E-state index contributed by atoms with van der Waals surface area (Å²) >= 11 is 5.38. The third-order valence-electron chi connectivity index (χ3n) is 2.86. The molecule has 0 saturated carbocycles. The Bertz CT molecular complexity index is 601. The summed E-state index contributed by atoms with van der Waals surface area (Å²) in [4.78, 5) is 12.1. The van der Waals surface area contributed by atoms with Gasteiger partial charge in [0, 0.05) is 18.4 Å². The van der Waals surface area contributed by atoms with Crippen LogP contribution in [0.3, 0.4) is 0 Å². The van der Waals surface area contributed by atoms with Gasteiger partial charge in [-0.25, -0.2) is 0 Å². The van der Waals surface area contributed by atoms with Gasteiger partial charge in [-0.3, -0.25) is 15.6 Å². The molecule has 0 bridgehead atoms. The lowest BCUT2D eigenvalue weighted by atomic mass is 10.3. The number of hydrazine groups is 1. The van der Waals surface area contributed by atoms with Gasteiger partial charge in [0.15, 0.2) is 5.11 Å². The van der Waals surface area contributed by atoms with E-state index in [2.05, 4.69) is 16.2 Å². The zero-order valence-corrected chi connectivity index (χ0v) is 12.4. The SMILES string of the molecule is CN(C(=S)Nc1ccc(NNC=O)cc1)c1ccccc1. The predicted molar refractivity (Wildman–Crippen MR) is 90.3 cm³/mol. The molecule has 0 saturated heterocycles. The Hall–Kier alpha value is -2.60. The molecule has 0 radical (unpaired) electrons. The molecule has 0 spiro atoms. The van der Waals surface area contributed by atoms with E-state index in [4.69, 9.17) is 12.2 Å². The first-order chi connectivity index (χ1) is 10.2. The molecule has 108 valence electrons. The van der Waals surface area contributed by atoms with Gasteiger partial charge in [-0.05, 0) is 48.6 Å². The smallest absolute Gasteiger partial charge is 0.225 e. The fourth-order valence-corrected chi connectivity index (χ4v) is 1.95. The molecule has 0 aromatic heterocycles. The van der Waals surface area contributed by atoms with Gasteiger partial charge in [0.05, 0.1) is 5.69 Å². The van der Waals surface area contributed by atoms with Crippen LogP contribution in [0.15, 0.2) is 54.6 Å². The van der Waals surface area contributed by atoms with Crippen molar-refractivity contribution in [3.63, 3.8) is 0 Å². The minimum Gasteiger partial charge on any atom is -0.332 e. The highest BCUT2D eigenvalue weighted by molar-refractivity contribution is 7.80. The number of anilines is 3. The van der Waals surface area contributed by atoms with Gasteiger partial charge in [-0.2, -0.15) is 0 Å². The van der Waals surface area contributed by atoms with Gasteiger partial charge in [0.2, 0.25) is 6.41 Å². The number of amides is 1. The van der Waals surface area contributed by atoms with Crippen molar-refractivity contribution in [1.82, 2.24) is 5.43 Å². The summed E-state index contributed by atoms with van der Waals surface area (Å²) in [5, 5.41) is 3.77. The monoisotopic (exact) mass is 300 g/mol. The zero-order chi connectivity index (χ0) is 15.1. The quantitative estimate of drug-likeness (QED) is 0.450. The fourth-order valence-electron chi connectivity index (χ4n) is 1.73. The van der Waals surface area contributed by atoms with Crippen molar-refractivity contribution in [2.45, 2.75) is 0 Å². The van der Waals surface area contributed by atoms with Crippen molar-refractivity contribution in [3.05, 3.63) is 54.6 Å². The van der Waals surface area contributed by atoms with Crippen LogP contribution in [0.2, 0.25) is 0 Å². The number of carbonyl (C=O) groups is 1. The molecule has 0 heterocycles. The Kier molecular flexibility index (Phi) is 5.11. The minimum atomic E-state index is 0.579. The zero-order valence-electron chi connectivity index (χ0n) is 11.5. The van der Waals surface area contributed by atoms with Crippen molar-refractivity contribution in [2.75, 3.05) is 22.7 Å². The molecule has 0 aliphatic heterocycles. The Balaban J connectivity index is 1.97. The molecular weight excluding hydrogens is 284 g/mol. The van der Waals surface area contributed by atoms with Gasteiger partial charge in [0.25, 0.3) is 0 Å². The van der Waals surface area contributed by atoms with Gasteiger partial charge >= 0.3 is 0 Å². The molecule has 1 amide bonds. The average molecular weight is 300 g/mol. The summed E-state index contributed by atoms with van der Waals surface area (Å²) in [5.74, 6) is 0. The highest BCUT2D eigenvalue weighted by Gasteiger charge is 2.06. The maximum Gasteiger partial charge on any atom is 0.225 e. The summed E-state index contributed by atoms with van der Waals surface area (Å²) in [7, 11) is 1.91. The molecular formula is C15H16N4OS. The highest BCUT2D eigenvalue weighted by atomic mass is 32.1. The molecule has 5 nitrogen and oxygen atoms in total. The van der Waals surface area contributed by atoms with Crippen LogP contribution in [0.5, 0.6) is 0 Å². The van der Waals surface area contributed by atoms with Crippen LogP contribution >= 0.6 is 12.2 Å². The lowest BCUT2D eigenvalue weighted by Crippen LogP contribution is -2.30. The maximum absolute atomic E-state index is 10.2. The average Bonchev–Trinajstić information content (AvgIpc) is 2.54. The first-order valence-electron chi connectivity index (χ1n) is 6.35. The molecule has 0 aliphatic rings. The van der Waals surface area contributed by atoms with E-state index in [0.29, 0.717) is 11.5 Å². The van der Waals surface area contributed by atoms with Crippen LogP contribution in [0.1, 0.15) is 0 Å². The van der Waals surface area contributed by atoms with Gasteiger partial charge in [0.1, 0.15) is 0 Å². The minimum absolute atomic E-state index is 0.579. The second-order valence-electron chi connectivity index (χ2n) is 4.29. The molecule has 2 rings (SSSR count). The van der Waals surface area contributed by atoms with E-state index in [9.17, 15) is 4.79 Å². The number of rotatable bonds is 5. The molecule has 0 unspecified atom stereocenters. The second kappa shape index (κ2) is 7.25. The summed E-state index contributed by atoms with van der Waals surface area (Å²) in [6, 6.07) is 17.3. The predicted octanol–water partition coefficient (Wildman–Crippen LogP) is 2.59. The van der Waals surface area contributed by atoms with E-state index in [-0.39, 0.29) is 0 Å². The maximum atomic E-state index is 10.2. The number of nitrogens with zero attached hydrogens (tertiary/aromatic N) is 1. The number of benzene rings is 2. The molecule has 2 aromatic rings. The third-order valence-corrected chi connectivity index (χ3v) is 3.24. The molecule has 21 heavy (non-hydrogen) atoms. The summed E-state index contributed by atoms with van der Waals surface area (Å²) < 4.78 is 0. The standard InChI is InChI=1S/C15H16N4OS/c1-19(14-5-3-2-4-6-14)15(21)17-12-7-9-13(10-8-12)18-16-11-20/h2-11,18H,1H3,(H,16,20)(H,17,21). The number of hydrogen-bond acceptors (Lipinski definition) is 3. The number of nitrogens with one attached hydrogen (secondary N) is 3. The summed E-state index contributed by atoms with van der Waals surface area (Å²) in [6.07, 6.45) is 0.579. The van der Waals surface area contributed by atoms with Crippen LogP contribution in [0.4, 0.5) is 17.1 Å². The summed E-state index contributed by atoms with van der Waals surface area (Å²) in [5.41, 5.74) is 7.79. The van der Waals surface area contributed by atoms with E-state index >= 15 is 0 Å². The van der Waals surface area contributed by atoms with Gasteiger partial charge in [-0.15, -0.1) is 0 Å². The Morgan fingerprint density at radius 3 is 2.29 bits per heavy atom. The van der Waals surface area contributed by atoms with E-state index in [1.165, 1.54) is 0 Å². The van der Waals surface area contributed by atoms with Gasteiger partial charge in [-0.1, -0.05) is 18.2 Å². The number of thiocarbonyl (C=S) groups is 1. The topological polar surface area (TPSA) is 56.4 Å². The van der Waals surface area contributed by atoms with E-state index in [1.807, 2.05) is 66.5 Å². The van der Waals surface area contributed by atoms with Crippen molar-refractivity contribution in [2.24, 2.45) is 0 Å². The Morgan fingerprint density at radius 1 is 1.05 bits per heavy atom. The Morgan fingerprint density at radius 2 is 1.67 bits per heavy atom. The number of para-hydroxylation sites is 1. The fraction of sp³-hybridized carbons (Fsp3) is 0.0667. The van der Waals surface area contributed by atoms with E-state index < -0.39 is 0 Å². The summed E-state index contributed by atoms with van der Waals surface area (Å²) in [6.45, 7) is 0. The first kappa shape index (κ1) is 14.8. The van der Waals surface area contributed by atoms with Crippen molar-refractivity contribution >= 4 is 40.8 Å². The van der Waals surface area contributed by atoms with Crippen LogP contribution in [-0.4, -0.2) is 18.6 Å². The second-order valence-corrected chi connectivity index (χ2v) is 4.68. The molecule has 0 atom stereocenters. The van der Waals surface area contributed by atoms with Crippen LogP contribution in [0, 0.1) is 0 Å². The molecule has 6 heteroatoms. The third kappa shape index (κ3) is 4.19. The van der Waals surface area contributed by atoms with Crippen molar-refractivity contribution < 1.29 is 4.79 Å². The molecule has 0 fully saturated rings. The van der Waals surface area contributed by atoms with Crippen LogP contribution in [0.25, 0.3) is 0 Å². The normalized spacial score (nSPS) is 9.57. The Labute approximate surface area is 128 Å².